The maximum atomic E-state index is 12.9. The second-order valence-electron chi connectivity index (χ2n) is 7.04. The van der Waals surface area contributed by atoms with Gasteiger partial charge in [0.1, 0.15) is 11.4 Å². The Morgan fingerprint density at radius 2 is 1.79 bits per heavy atom. The molecule has 0 atom stereocenters. The van der Waals surface area contributed by atoms with Crippen molar-refractivity contribution in [2.24, 2.45) is 0 Å². The third-order valence-corrected chi connectivity index (χ3v) is 5.54. The number of para-hydroxylation sites is 1. The average molecular weight is 377 g/mol. The molecular formula is C22H23N3O3. The lowest BCUT2D eigenvalue weighted by molar-refractivity contribution is -0.0575. The molecule has 2 N–H and O–H groups in total. The second kappa shape index (κ2) is 7.48. The summed E-state index contributed by atoms with van der Waals surface area (Å²) in [6.45, 7) is 1.21. The van der Waals surface area contributed by atoms with Gasteiger partial charge in [-0.2, -0.15) is 5.10 Å². The second-order valence-corrected chi connectivity index (χ2v) is 7.04. The van der Waals surface area contributed by atoms with Crippen molar-refractivity contribution in [2.45, 2.75) is 18.4 Å². The summed E-state index contributed by atoms with van der Waals surface area (Å²) in [4.78, 5) is 14.7. The summed E-state index contributed by atoms with van der Waals surface area (Å²) >= 11 is 0. The van der Waals surface area contributed by atoms with Crippen LogP contribution in [-0.4, -0.2) is 46.3 Å². The molecule has 0 aliphatic carbocycles. The van der Waals surface area contributed by atoms with Crippen molar-refractivity contribution < 1.29 is 14.6 Å². The summed E-state index contributed by atoms with van der Waals surface area (Å²) in [5, 5.41) is 17.0. The normalized spacial score (nSPS) is 16.1. The molecule has 1 amide bonds. The Kier molecular flexibility index (Phi) is 4.88. The van der Waals surface area contributed by atoms with Crippen molar-refractivity contribution in [3.8, 4) is 17.0 Å². The van der Waals surface area contributed by atoms with E-state index in [4.69, 9.17) is 4.74 Å². The Balaban J connectivity index is 1.48. The maximum absolute atomic E-state index is 12.9. The third kappa shape index (κ3) is 3.27. The number of benzene rings is 2. The van der Waals surface area contributed by atoms with Crippen LogP contribution in [-0.2, 0) is 10.3 Å². The first kappa shape index (κ1) is 18.3. The summed E-state index contributed by atoms with van der Waals surface area (Å²) in [6.07, 6.45) is 1.47. The minimum atomic E-state index is -0.354. The SMILES string of the molecule is COC1(c2ccccc2)CCN(C(=O)c2cc(-c3ccccc3O)n[nH]2)CC1. The molecule has 4 rings (SSSR count). The van der Waals surface area contributed by atoms with Gasteiger partial charge in [-0.1, -0.05) is 42.5 Å². The first-order valence-electron chi connectivity index (χ1n) is 9.37. The van der Waals surface area contributed by atoms with Crippen molar-refractivity contribution >= 4 is 5.91 Å². The Labute approximate surface area is 163 Å². The predicted molar refractivity (Wildman–Crippen MR) is 106 cm³/mol. The molecule has 0 spiro atoms. The van der Waals surface area contributed by atoms with Gasteiger partial charge in [-0.25, -0.2) is 0 Å². The van der Waals surface area contributed by atoms with E-state index in [0.717, 1.165) is 18.4 Å². The molecular weight excluding hydrogens is 354 g/mol. The molecule has 2 heterocycles. The number of piperidine rings is 1. The quantitative estimate of drug-likeness (QED) is 0.729. The van der Waals surface area contributed by atoms with Crippen molar-refractivity contribution in [1.82, 2.24) is 15.1 Å². The van der Waals surface area contributed by atoms with Crippen LogP contribution in [0.25, 0.3) is 11.3 Å². The highest BCUT2D eigenvalue weighted by Crippen LogP contribution is 2.36. The summed E-state index contributed by atoms with van der Waals surface area (Å²) in [5.74, 6) is 0.0469. The Morgan fingerprint density at radius 1 is 1.11 bits per heavy atom. The molecule has 0 unspecified atom stereocenters. The molecule has 1 saturated heterocycles. The molecule has 3 aromatic rings. The smallest absolute Gasteiger partial charge is 0.271 e. The first-order chi connectivity index (χ1) is 13.6. The Morgan fingerprint density at radius 3 is 2.46 bits per heavy atom. The van der Waals surface area contributed by atoms with Gasteiger partial charge >= 0.3 is 0 Å². The third-order valence-electron chi connectivity index (χ3n) is 5.54. The van der Waals surface area contributed by atoms with Crippen LogP contribution in [0, 0.1) is 0 Å². The predicted octanol–water partition coefficient (Wildman–Crippen LogP) is 3.56. The molecule has 1 aromatic heterocycles. The monoisotopic (exact) mass is 377 g/mol. The minimum Gasteiger partial charge on any atom is -0.507 e. The lowest BCUT2D eigenvalue weighted by Gasteiger charge is -2.41. The Bertz CT molecular complexity index is 960. The Hall–Kier alpha value is -3.12. The lowest BCUT2D eigenvalue weighted by atomic mass is 9.84. The van der Waals surface area contributed by atoms with Gasteiger partial charge < -0.3 is 14.7 Å². The van der Waals surface area contributed by atoms with Gasteiger partial charge in [0.25, 0.3) is 5.91 Å². The number of aromatic hydroxyl groups is 1. The highest BCUT2D eigenvalue weighted by atomic mass is 16.5. The number of rotatable bonds is 4. The number of aromatic amines is 1. The highest BCUT2D eigenvalue weighted by molar-refractivity contribution is 5.93. The van der Waals surface area contributed by atoms with E-state index >= 15 is 0 Å². The number of ether oxygens (including phenoxy) is 1. The van der Waals surface area contributed by atoms with Gasteiger partial charge in [0.15, 0.2) is 0 Å². The zero-order valence-corrected chi connectivity index (χ0v) is 15.8. The van der Waals surface area contributed by atoms with E-state index in [9.17, 15) is 9.90 Å². The topological polar surface area (TPSA) is 78.4 Å². The van der Waals surface area contributed by atoms with Gasteiger partial charge in [0, 0.05) is 25.8 Å². The zero-order chi connectivity index (χ0) is 19.6. The molecule has 1 aliphatic heterocycles. The van der Waals surface area contributed by atoms with E-state index in [2.05, 4.69) is 22.3 Å². The number of aromatic nitrogens is 2. The van der Waals surface area contributed by atoms with Crippen LogP contribution in [0.1, 0.15) is 28.9 Å². The number of nitrogens with one attached hydrogen (secondary N) is 1. The highest BCUT2D eigenvalue weighted by Gasteiger charge is 2.37. The standard InChI is InChI=1S/C22H23N3O3/c1-28-22(16-7-3-2-4-8-16)11-13-25(14-12-22)21(27)19-15-18(23-24-19)17-9-5-6-10-20(17)26/h2-10,15,26H,11-14H2,1H3,(H,23,24). The van der Waals surface area contributed by atoms with Crippen LogP contribution in [0.4, 0.5) is 0 Å². The number of carbonyl (C=O) groups excluding carboxylic acids is 1. The molecule has 0 bridgehead atoms. The van der Waals surface area contributed by atoms with E-state index in [1.54, 1.807) is 31.4 Å². The van der Waals surface area contributed by atoms with Gasteiger partial charge in [0.2, 0.25) is 0 Å². The fraction of sp³-hybridized carbons (Fsp3) is 0.273. The van der Waals surface area contributed by atoms with Crippen LogP contribution < -0.4 is 0 Å². The number of H-pyrrole nitrogens is 1. The van der Waals surface area contributed by atoms with Gasteiger partial charge in [-0.05, 0) is 36.6 Å². The first-order valence-corrected chi connectivity index (χ1v) is 9.37. The summed E-state index contributed by atoms with van der Waals surface area (Å²) < 4.78 is 5.89. The fourth-order valence-corrected chi connectivity index (χ4v) is 3.85. The van der Waals surface area contributed by atoms with E-state index in [1.165, 1.54) is 0 Å². The summed E-state index contributed by atoms with van der Waals surface area (Å²) in [7, 11) is 1.73. The molecule has 0 radical (unpaired) electrons. The van der Waals surface area contributed by atoms with Gasteiger partial charge in [0.05, 0.1) is 11.3 Å². The van der Waals surface area contributed by atoms with Crippen molar-refractivity contribution in [3.63, 3.8) is 0 Å². The number of hydrogen-bond acceptors (Lipinski definition) is 4. The van der Waals surface area contributed by atoms with Crippen LogP contribution >= 0.6 is 0 Å². The number of phenolic OH excluding ortho intramolecular Hbond substituents is 1. The number of phenols is 1. The van der Waals surface area contributed by atoms with Crippen LogP contribution in [0.3, 0.4) is 0 Å². The molecule has 0 saturated carbocycles. The van der Waals surface area contributed by atoms with Crippen LogP contribution in [0.5, 0.6) is 5.75 Å². The molecule has 6 nitrogen and oxygen atoms in total. The van der Waals surface area contributed by atoms with E-state index in [0.29, 0.717) is 30.0 Å². The summed E-state index contributed by atoms with van der Waals surface area (Å²) in [6, 6.07) is 18.8. The maximum Gasteiger partial charge on any atom is 0.271 e. The van der Waals surface area contributed by atoms with Crippen molar-refractivity contribution in [3.05, 3.63) is 71.9 Å². The fourth-order valence-electron chi connectivity index (χ4n) is 3.85. The van der Waals surface area contributed by atoms with Gasteiger partial charge in [-0.3, -0.25) is 9.89 Å². The molecule has 144 valence electrons. The minimum absolute atomic E-state index is 0.0908. The van der Waals surface area contributed by atoms with E-state index in [1.807, 2.05) is 29.2 Å². The van der Waals surface area contributed by atoms with E-state index in [-0.39, 0.29) is 17.3 Å². The number of methoxy groups -OCH3 is 1. The van der Waals surface area contributed by atoms with E-state index < -0.39 is 0 Å². The zero-order valence-electron chi connectivity index (χ0n) is 15.8. The largest absolute Gasteiger partial charge is 0.507 e. The molecule has 1 aliphatic rings. The van der Waals surface area contributed by atoms with Crippen molar-refractivity contribution in [1.29, 1.82) is 0 Å². The number of carbonyl (C=O) groups is 1. The number of likely N-dealkylation sites (tertiary alicyclic amines) is 1. The number of hydrogen-bond donors (Lipinski definition) is 2. The molecule has 28 heavy (non-hydrogen) atoms. The summed E-state index contributed by atoms with van der Waals surface area (Å²) in [5.41, 5.74) is 2.36. The molecule has 6 heteroatoms. The lowest BCUT2D eigenvalue weighted by Crippen LogP contribution is -2.46. The number of nitrogens with zero attached hydrogens (tertiary/aromatic N) is 2. The molecule has 2 aromatic carbocycles. The number of amides is 1. The average Bonchev–Trinajstić information content (AvgIpc) is 3.24. The van der Waals surface area contributed by atoms with Crippen LogP contribution in [0.15, 0.2) is 60.7 Å². The molecule has 1 fully saturated rings. The van der Waals surface area contributed by atoms with Crippen molar-refractivity contribution in [2.75, 3.05) is 20.2 Å². The van der Waals surface area contributed by atoms with Gasteiger partial charge in [-0.15, -0.1) is 0 Å². The van der Waals surface area contributed by atoms with Crippen LogP contribution in [0.2, 0.25) is 0 Å².